The molecule has 2 aliphatic heterocycles. The van der Waals surface area contributed by atoms with E-state index in [0.29, 0.717) is 30.5 Å². The normalized spacial score (nSPS) is 30.2. The lowest BCUT2D eigenvalue weighted by Crippen LogP contribution is -2.55. The van der Waals surface area contributed by atoms with E-state index in [9.17, 15) is 0 Å². The Balaban J connectivity index is 1.44. The largest absolute Gasteiger partial charge is 0.493 e. The van der Waals surface area contributed by atoms with Gasteiger partial charge in [-0.05, 0) is 75.5 Å². The molecule has 3 aliphatic rings. The molecule has 4 heteroatoms. The van der Waals surface area contributed by atoms with Crippen molar-refractivity contribution in [2.24, 2.45) is 11.8 Å². The maximum absolute atomic E-state index is 6.22. The first-order chi connectivity index (χ1) is 18.1. The number of rotatable bonds is 8. The third-order valence-corrected chi connectivity index (χ3v) is 10.0. The lowest BCUT2D eigenvalue weighted by Gasteiger charge is -2.50. The Hall–Kier alpha value is -2.04. The number of para-hydroxylation sites is 1. The molecule has 1 aliphatic carbocycles. The lowest BCUT2D eigenvalue weighted by molar-refractivity contribution is 0.0122. The van der Waals surface area contributed by atoms with E-state index in [1.165, 1.54) is 57.1 Å². The fraction of sp³-hybridized carbons (Fsp3) is 0.636. The van der Waals surface area contributed by atoms with Gasteiger partial charge in [0.2, 0.25) is 0 Å². The van der Waals surface area contributed by atoms with E-state index in [1.807, 2.05) is 6.07 Å². The van der Waals surface area contributed by atoms with E-state index < -0.39 is 0 Å². The van der Waals surface area contributed by atoms with Gasteiger partial charge in [-0.1, -0.05) is 68.7 Å². The van der Waals surface area contributed by atoms with E-state index in [-0.39, 0.29) is 5.41 Å². The van der Waals surface area contributed by atoms with Crippen LogP contribution in [-0.4, -0.2) is 50.3 Å². The Morgan fingerprint density at radius 2 is 1.81 bits per heavy atom. The van der Waals surface area contributed by atoms with Gasteiger partial charge in [0.05, 0.1) is 13.7 Å². The SMILES string of the molecule is CCOc1c(OC)cccc1C1(C)CNCC1C(C)N1CCC(c2ccccc2)CC1C1CCCCC1. The van der Waals surface area contributed by atoms with E-state index >= 15 is 0 Å². The number of hydrogen-bond acceptors (Lipinski definition) is 4. The van der Waals surface area contributed by atoms with Crippen LogP contribution < -0.4 is 14.8 Å². The van der Waals surface area contributed by atoms with Gasteiger partial charge in [-0.15, -0.1) is 0 Å². The molecule has 0 bridgehead atoms. The highest BCUT2D eigenvalue weighted by Crippen LogP contribution is 2.48. The van der Waals surface area contributed by atoms with Gasteiger partial charge in [0.25, 0.3) is 0 Å². The summed E-state index contributed by atoms with van der Waals surface area (Å²) in [7, 11) is 1.75. The smallest absolute Gasteiger partial charge is 0.164 e. The van der Waals surface area contributed by atoms with Crippen molar-refractivity contribution in [1.82, 2.24) is 10.2 Å². The molecular weight excluding hydrogens is 456 g/mol. The second-order valence-electron chi connectivity index (χ2n) is 12.0. The summed E-state index contributed by atoms with van der Waals surface area (Å²) in [5.74, 6) is 3.81. The zero-order valence-corrected chi connectivity index (χ0v) is 23.5. The van der Waals surface area contributed by atoms with Gasteiger partial charge in [0.15, 0.2) is 11.5 Å². The van der Waals surface area contributed by atoms with Gasteiger partial charge in [0.1, 0.15) is 0 Å². The molecular formula is C33H48N2O2. The summed E-state index contributed by atoms with van der Waals surface area (Å²) in [6.45, 7) is 10.9. The Kier molecular flexibility index (Phi) is 8.46. The highest BCUT2D eigenvalue weighted by molar-refractivity contribution is 5.51. The molecule has 0 spiro atoms. The number of nitrogens with zero attached hydrogens (tertiary/aromatic N) is 1. The van der Waals surface area contributed by atoms with E-state index in [0.717, 1.165) is 30.5 Å². The van der Waals surface area contributed by atoms with Crippen molar-refractivity contribution in [2.45, 2.75) is 89.1 Å². The summed E-state index contributed by atoms with van der Waals surface area (Å²) in [6, 6.07) is 18.9. The van der Waals surface area contributed by atoms with Crippen LogP contribution in [0.25, 0.3) is 0 Å². The molecule has 202 valence electrons. The Morgan fingerprint density at radius 3 is 2.54 bits per heavy atom. The number of benzene rings is 2. The molecule has 5 atom stereocenters. The molecule has 0 aromatic heterocycles. The molecule has 2 aromatic carbocycles. The Morgan fingerprint density at radius 1 is 1.03 bits per heavy atom. The Labute approximate surface area is 225 Å². The standard InChI is InChI=1S/C33H48N2O2/c1-5-37-32-28(17-12-18-31(32)36-4)33(3)23-34-22-29(33)24(2)35-20-19-27(25-13-8-6-9-14-25)21-30(35)26-15-10-7-11-16-26/h6,8-9,12-14,17-18,24,26-27,29-30,34H,5,7,10-11,15-16,19-23H2,1-4H3. The first-order valence-corrected chi connectivity index (χ1v) is 14.9. The second-order valence-corrected chi connectivity index (χ2v) is 12.0. The van der Waals surface area contributed by atoms with Crippen LogP contribution in [0.15, 0.2) is 48.5 Å². The maximum atomic E-state index is 6.22. The molecule has 1 N–H and O–H groups in total. The van der Waals surface area contributed by atoms with Gasteiger partial charge in [-0.25, -0.2) is 0 Å². The van der Waals surface area contributed by atoms with Gasteiger partial charge in [-0.2, -0.15) is 0 Å². The topological polar surface area (TPSA) is 33.7 Å². The van der Waals surface area contributed by atoms with Crippen LogP contribution in [0.4, 0.5) is 0 Å². The minimum atomic E-state index is -0.00808. The third-order valence-electron chi connectivity index (χ3n) is 10.0. The predicted octanol–water partition coefficient (Wildman–Crippen LogP) is 6.79. The third kappa shape index (κ3) is 5.29. The van der Waals surface area contributed by atoms with Crippen molar-refractivity contribution in [2.75, 3.05) is 33.4 Å². The van der Waals surface area contributed by atoms with Crippen molar-refractivity contribution >= 4 is 0 Å². The van der Waals surface area contributed by atoms with Crippen molar-refractivity contribution in [3.63, 3.8) is 0 Å². The molecule has 5 rings (SSSR count). The summed E-state index contributed by atoms with van der Waals surface area (Å²) in [5, 5.41) is 3.79. The molecule has 3 fully saturated rings. The average molecular weight is 505 g/mol. The van der Waals surface area contributed by atoms with Crippen molar-refractivity contribution in [3.8, 4) is 11.5 Å². The van der Waals surface area contributed by atoms with Crippen LogP contribution >= 0.6 is 0 Å². The van der Waals surface area contributed by atoms with Crippen molar-refractivity contribution in [1.29, 1.82) is 0 Å². The fourth-order valence-electron chi connectivity index (χ4n) is 8.02. The molecule has 37 heavy (non-hydrogen) atoms. The maximum Gasteiger partial charge on any atom is 0.164 e. The fourth-order valence-corrected chi connectivity index (χ4v) is 8.02. The monoisotopic (exact) mass is 504 g/mol. The van der Waals surface area contributed by atoms with Gasteiger partial charge in [-0.3, -0.25) is 4.90 Å². The van der Waals surface area contributed by atoms with Crippen LogP contribution in [0.2, 0.25) is 0 Å². The quantitative estimate of drug-likeness (QED) is 0.429. The molecule has 0 radical (unpaired) electrons. The molecule has 1 saturated carbocycles. The molecule has 5 unspecified atom stereocenters. The van der Waals surface area contributed by atoms with Crippen LogP contribution in [-0.2, 0) is 5.41 Å². The molecule has 2 heterocycles. The number of likely N-dealkylation sites (tertiary alicyclic amines) is 1. The number of ether oxygens (including phenoxy) is 2. The van der Waals surface area contributed by atoms with Crippen LogP contribution in [0, 0.1) is 11.8 Å². The first-order valence-electron chi connectivity index (χ1n) is 14.9. The summed E-state index contributed by atoms with van der Waals surface area (Å²) < 4.78 is 12.0. The lowest BCUT2D eigenvalue weighted by atomic mass is 9.69. The zero-order valence-electron chi connectivity index (χ0n) is 23.5. The summed E-state index contributed by atoms with van der Waals surface area (Å²) in [6.07, 6.45) is 9.60. The number of methoxy groups -OCH3 is 1. The molecule has 4 nitrogen and oxygen atoms in total. The number of nitrogens with one attached hydrogen (secondary N) is 1. The predicted molar refractivity (Wildman–Crippen MR) is 153 cm³/mol. The highest BCUT2D eigenvalue weighted by Gasteiger charge is 2.48. The van der Waals surface area contributed by atoms with Gasteiger partial charge in [0, 0.05) is 36.2 Å². The van der Waals surface area contributed by atoms with Crippen molar-refractivity contribution in [3.05, 3.63) is 59.7 Å². The van der Waals surface area contributed by atoms with Gasteiger partial charge < -0.3 is 14.8 Å². The van der Waals surface area contributed by atoms with Crippen molar-refractivity contribution < 1.29 is 9.47 Å². The van der Waals surface area contributed by atoms with E-state index in [1.54, 1.807) is 12.7 Å². The first kappa shape index (κ1) is 26.6. The minimum absolute atomic E-state index is 0.00808. The number of hydrogen-bond donors (Lipinski definition) is 1. The van der Waals surface area contributed by atoms with Crippen LogP contribution in [0.5, 0.6) is 11.5 Å². The summed E-state index contributed by atoms with van der Waals surface area (Å²) >= 11 is 0. The average Bonchev–Trinajstić information content (AvgIpc) is 3.36. The van der Waals surface area contributed by atoms with E-state index in [4.69, 9.17) is 9.47 Å². The zero-order chi connectivity index (χ0) is 25.8. The Bertz CT molecular complexity index is 1000. The van der Waals surface area contributed by atoms with Gasteiger partial charge >= 0.3 is 0 Å². The van der Waals surface area contributed by atoms with Crippen LogP contribution in [0.1, 0.15) is 82.8 Å². The second kappa shape index (κ2) is 11.8. The minimum Gasteiger partial charge on any atom is -0.493 e. The number of piperidine rings is 1. The molecule has 2 saturated heterocycles. The highest BCUT2D eigenvalue weighted by atomic mass is 16.5. The molecule has 2 aromatic rings. The molecule has 0 amide bonds. The summed E-state index contributed by atoms with van der Waals surface area (Å²) in [4.78, 5) is 2.95. The van der Waals surface area contributed by atoms with E-state index in [2.05, 4.69) is 73.5 Å². The van der Waals surface area contributed by atoms with Crippen LogP contribution in [0.3, 0.4) is 0 Å². The summed E-state index contributed by atoms with van der Waals surface area (Å²) in [5.41, 5.74) is 2.83.